The van der Waals surface area contributed by atoms with Gasteiger partial charge < -0.3 is 15.0 Å². The van der Waals surface area contributed by atoms with E-state index in [0.29, 0.717) is 12.6 Å². The van der Waals surface area contributed by atoms with Crippen LogP contribution >= 0.6 is 0 Å². The lowest BCUT2D eigenvalue weighted by molar-refractivity contribution is 0.134. The molecule has 1 aliphatic heterocycles. The van der Waals surface area contributed by atoms with E-state index in [1.54, 1.807) is 0 Å². The number of benzene rings is 1. The Labute approximate surface area is 110 Å². The molecule has 0 bridgehead atoms. The molecule has 1 aromatic rings. The molecular formula is C15H24N2O. The highest BCUT2D eigenvalue weighted by Crippen LogP contribution is 2.20. The second kappa shape index (κ2) is 6.76. The van der Waals surface area contributed by atoms with Crippen molar-refractivity contribution in [2.45, 2.75) is 32.4 Å². The first-order valence-electron chi connectivity index (χ1n) is 6.90. The first-order valence-corrected chi connectivity index (χ1v) is 6.90. The fraction of sp³-hybridized carbons (Fsp3) is 0.600. The first-order chi connectivity index (χ1) is 8.79. The Morgan fingerprint density at radius 1 is 1.39 bits per heavy atom. The molecule has 0 spiro atoms. The summed E-state index contributed by atoms with van der Waals surface area (Å²) in [6, 6.07) is 9.02. The normalized spacial score (nSPS) is 20.9. The molecule has 1 saturated heterocycles. The SMILES string of the molecule is CCOCc1ccccc1NC1CCCN(C)C1. The molecule has 0 aliphatic carbocycles. The first kappa shape index (κ1) is 13.4. The van der Waals surface area contributed by atoms with Gasteiger partial charge in [-0.15, -0.1) is 0 Å². The maximum absolute atomic E-state index is 5.52. The second-order valence-corrected chi connectivity index (χ2v) is 5.04. The molecule has 1 heterocycles. The smallest absolute Gasteiger partial charge is 0.0736 e. The Hall–Kier alpha value is -1.06. The van der Waals surface area contributed by atoms with E-state index in [2.05, 4.69) is 41.5 Å². The Balaban J connectivity index is 1.99. The summed E-state index contributed by atoms with van der Waals surface area (Å²) in [4.78, 5) is 2.40. The van der Waals surface area contributed by atoms with Crippen LogP contribution in [0.25, 0.3) is 0 Å². The Morgan fingerprint density at radius 3 is 3.00 bits per heavy atom. The zero-order valence-corrected chi connectivity index (χ0v) is 11.5. The van der Waals surface area contributed by atoms with Gasteiger partial charge in [0.2, 0.25) is 0 Å². The highest BCUT2D eigenvalue weighted by molar-refractivity contribution is 5.51. The van der Waals surface area contributed by atoms with Crippen molar-refractivity contribution < 1.29 is 4.74 Å². The van der Waals surface area contributed by atoms with E-state index in [9.17, 15) is 0 Å². The lowest BCUT2D eigenvalue weighted by Crippen LogP contribution is -2.39. The number of likely N-dealkylation sites (tertiary alicyclic amines) is 1. The van der Waals surface area contributed by atoms with Crippen molar-refractivity contribution in [2.75, 3.05) is 32.1 Å². The van der Waals surface area contributed by atoms with Crippen LogP contribution in [0.5, 0.6) is 0 Å². The lowest BCUT2D eigenvalue weighted by atomic mass is 10.1. The van der Waals surface area contributed by atoms with Crippen LogP contribution in [0.3, 0.4) is 0 Å². The third-order valence-electron chi connectivity index (χ3n) is 3.46. The van der Waals surface area contributed by atoms with Crippen molar-refractivity contribution in [3.05, 3.63) is 29.8 Å². The third kappa shape index (κ3) is 3.72. The Kier molecular flexibility index (Phi) is 5.02. The topological polar surface area (TPSA) is 24.5 Å². The molecule has 3 heteroatoms. The van der Waals surface area contributed by atoms with Crippen molar-refractivity contribution in [1.29, 1.82) is 0 Å². The average Bonchev–Trinajstić information content (AvgIpc) is 2.38. The van der Waals surface area contributed by atoms with E-state index in [4.69, 9.17) is 4.74 Å². The summed E-state index contributed by atoms with van der Waals surface area (Å²) in [5.74, 6) is 0. The minimum atomic E-state index is 0.562. The van der Waals surface area contributed by atoms with E-state index in [0.717, 1.165) is 13.2 Å². The van der Waals surface area contributed by atoms with E-state index >= 15 is 0 Å². The van der Waals surface area contributed by atoms with Crippen LogP contribution in [0.4, 0.5) is 5.69 Å². The van der Waals surface area contributed by atoms with E-state index < -0.39 is 0 Å². The van der Waals surface area contributed by atoms with Crippen LogP contribution in [0.1, 0.15) is 25.3 Å². The van der Waals surface area contributed by atoms with Gasteiger partial charge in [-0.25, -0.2) is 0 Å². The number of anilines is 1. The number of nitrogens with one attached hydrogen (secondary N) is 1. The molecule has 1 N–H and O–H groups in total. The number of para-hydroxylation sites is 1. The molecule has 2 rings (SSSR count). The summed E-state index contributed by atoms with van der Waals surface area (Å²) in [6.45, 7) is 5.84. The molecule has 1 unspecified atom stereocenters. The Morgan fingerprint density at radius 2 is 2.22 bits per heavy atom. The fourth-order valence-corrected chi connectivity index (χ4v) is 2.50. The minimum Gasteiger partial charge on any atom is -0.381 e. The predicted molar refractivity (Wildman–Crippen MR) is 75.9 cm³/mol. The molecule has 0 saturated carbocycles. The minimum absolute atomic E-state index is 0.562. The van der Waals surface area contributed by atoms with Crippen molar-refractivity contribution in [3.63, 3.8) is 0 Å². The Bertz CT molecular complexity index is 367. The van der Waals surface area contributed by atoms with Crippen molar-refractivity contribution >= 4 is 5.69 Å². The molecule has 1 aliphatic rings. The molecule has 1 atom stereocenters. The summed E-state index contributed by atoms with van der Waals surface area (Å²) < 4.78 is 5.52. The average molecular weight is 248 g/mol. The summed E-state index contributed by atoms with van der Waals surface area (Å²) in [6.07, 6.45) is 2.54. The number of nitrogens with zero attached hydrogens (tertiary/aromatic N) is 1. The van der Waals surface area contributed by atoms with E-state index in [1.807, 2.05) is 6.92 Å². The van der Waals surface area contributed by atoms with Gasteiger partial charge in [0.1, 0.15) is 0 Å². The number of piperidine rings is 1. The predicted octanol–water partition coefficient (Wildman–Crippen LogP) is 2.73. The molecular weight excluding hydrogens is 224 g/mol. The van der Waals surface area contributed by atoms with Crippen molar-refractivity contribution in [3.8, 4) is 0 Å². The van der Waals surface area contributed by atoms with Gasteiger partial charge in [-0.2, -0.15) is 0 Å². The van der Waals surface area contributed by atoms with Crippen LogP contribution in [0.2, 0.25) is 0 Å². The van der Waals surface area contributed by atoms with E-state index in [-0.39, 0.29) is 0 Å². The zero-order chi connectivity index (χ0) is 12.8. The molecule has 0 aromatic heterocycles. The van der Waals surface area contributed by atoms with Crippen LogP contribution in [-0.4, -0.2) is 37.7 Å². The largest absolute Gasteiger partial charge is 0.381 e. The number of ether oxygens (including phenoxy) is 1. The molecule has 0 amide bonds. The summed E-state index contributed by atoms with van der Waals surface area (Å²) >= 11 is 0. The lowest BCUT2D eigenvalue weighted by Gasteiger charge is -2.31. The monoisotopic (exact) mass is 248 g/mol. The zero-order valence-electron chi connectivity index (χ0n) is 11.5. The van der Waals surface area contributed by atoms with Crippen LogP contribution in [-0.2, 0) is 11.3 Å². The van der Waals surface area contributed by atoms with Crippen molar-refractivity contribution in [2.24, 2.45) is 0 Å². The number of likely N-dealkylation sites (N-methyl/N-ethyl adjacent to an activating group) is 1. The molecule has 3 nitrogen and oxygen atoms in total. The molecule has 0 radical (unpaired) electrons. The maximum atomic E-state index is 5.52. The molecule has 100 valence electrons. The van der Waals surface area contributed by atoms with Gasteiger partial charge in [-0.1, -0.05) is 18.2 Å². The van der Waals surface area contributed by atoms with Gasteiger partial charge >= 0.3 is 0 Å². The third-order valence-corrected chi connectivity index (χ3v) is 3.46. The summed E-state index contributed by atoms with van der Waals surface area (Å²) in [7, 11) is 2.19. The van der Waals surface area contributed by atoms with Crippen LogP contribution in [0.15, 0.2) is 24.3 Å². The highest BCUT2D eigenvalue weighted by atomic mass is 16.5. The highest BCUT2D eigenvalue weighted by Gasteiger charge is 2.17. The van der Waals surface area contributed by atoms with Gasteiger partial charge in [0, 0.05) is 30.4 Å². The molecule has 18 heavy (non-hydrogen) atoms. The van der Waals surface area contributed by atoms with Gasteiger partial charge in [-0.05, 0) is 39.4 Å². The maximum Gasteiger partial charge on any atom is 0.0736 e. The van der Waals surface area contributed by atoms with Crippen LogP contribution in [0, 0.1) is 0 Å². The molecule has 1 fully saturated rings. The number of rotatable bonds is 5. The van der Waals surface area contributed by atoms with Crippen LogP contribution < -0.4 is 5.32 Å². The quantitative estimate of drug-likeness (QED) is 0.867. The molecule has 1 aromatic carbocycles. The van der Waals surface area contributed by atoms with E-state index in [1.165, 1.54) is 30.6 Å². The van der Waals surface area contributed by atoms with Gasteiger partial charge in [-0.3, -0.25) is 0 Å². The van der Waals surface area contributed by atoms with Gasteiger partial charge in [0.05, 0.1) is 6.61 Å². The standard InChI is InChI=1S/C15H24N2O/c1-3-18-12-13-7-4-5-9-15(13)16-14-8-6-10-17(2)11-14/h4-5,7,9,14,16H,3,6,8,10-12H2,1-2H3. The fourth-order valence-electron chi connectivity index (χ4n) is 2.50. The number of hydrogen-bond acceptors (Lipinski definition) is 3. The van der Waals surface area contributed by atoms with Gasteiger partial charge in [0.25, 0.3) is 0 Å². The summed E-state index contributed by atoms with van der Waals surface area (Å²) in [5.41, 5.74) is 2.49. The number of hydrogen-bond donors (Lipinski definition) is 1. The van der Waals surface area contributed by atoms with Gasteiger partial charge in [0.15, 0.2) is 0 Å². The van der Waals surface area contributed by atoms with Crippen molar-refractivity contribution in [1.82, 2.24) is 4.90 Å². The second-order valence-electron chi connectivity index (χ2n) is 5.04. The summed E-state index contributed by atoms with van der Waals surface area (Å²) in [5, 5.41) is 3.67.